The average Bonchev–Trinajstić information content (AvgIpc) is 3.22. The van der Waals surface area contributed by atoms with Crippen LogP contribution in [0.1, 0.15) is 34.4 Å². The van der Waals surface area contributed by atoms with E-state index in [-0.39, 0.29) is 5.41 Å². The predicted octanol–water partition coefficient (Wildman–Crippen LogP) is 5.13. The smallest absolute Gasteiger partial charge is 0.0720 e. The molecule has 0 spiro atoms. The SMILES string of the molecule is c1ccc(C2(CCCNCc3cccs3)COCc3ccccc32)cc1. The Kier molecular flexibility index (Phi) is 5.49. The van der Waals surface area contributed by atoms with Crippen molar-refractivity contribution in [1.82, 2.24) is 5.32 Å². The molecule has 0 saturated carbocycles. The van der Waals surface area contributed by atoms with Crippen molar-refractivity contribution >= 4 is 11.3 Å². The summed E-state index contributed by atoms with van der Waals surface area (Å²) in [7, 11) is 0. The van der Waals surface area contributed by atoms with Crippen LogP contribution < -0.4 is 5.32 Å². The van der Waals surface area contributed by atoms with Crippen molar-refractivity contribution in [3.05, 3.63) is 93.7 Å². The first-order valence-corrected chi connectivity index (χ1v) is 10.2. The summed E-state index contributed by atoms with van der Waals surface area (Å²) in [5, 5.41) is 5.73. The van der Waals surface area contributed by atoms with Gasteiger partial charge in [-0.25, -0.2) is 0 Å². The summed E-state index contributed by atoms with van der Waals surface area (Å²) in [4.78, 5) is 1.40. The molecule has 0 aliphatic carbocycles. The number of hydrogen-bond donors (Lipinski definition) is 1. The van der Waals surface area contributed by atoms with Crippen molar-refractivity contribution in [3.8, 4) is 0 Å². The third-order valence-corrected chi connectivity index (χ3v) is 6.18. The summed E-state index contributed by atoms with van der Waals surface area (Å²) < 4.78 is 6.06. The first kappa shape index (κ1) is 17.5. The minimum absolute atomic E-state index is 0.0410. The Balaban J connectivity index is 1.51. The van der Waals surface area contributed by atoms with Crippen LogP contribution in [-0.2, 0) is 23.3 Å². The van der Waals surface area contributed by atoms with Gasteiger partial charge in [0.15, 0.2) is 0 Å². The van der Waals surface area contributed by atoms with Gasteiger partial charge in [0, 0.05) is 16.8 Å². The molecule has 2 nitrogen and oxygen atoms in total. The Bertz CT molecular complexity index is 815. The number of rotatable bonds is 7. The maximum absolute atomic E-state index is 6.06. The second kappa shape index (κ2) is 8.17. The minimum Gasteiger partial charge on any atom is -0.375 e. The number of hydrogen-bond acceptors (Lipinski definition) is 3. The molecule has 1 aliphatic heterocycles. The monoisotopic (exact) mass is 363 g/mol. The topological polar surface area (TPSA) is 21.3 Å². The molecule has 0 fully saturated rings. The molecule has 2 aromatic carbocycles. The number of fused-ring (bicyclic) bond motifs is 1. The fourth-order valence-electron chi connectivity index (χ4n) is 4.01. The van der Waals surface area contributed by atoms with Gasteiger partial charge in [-0.1, -0.05) is 60.7 Å². The first-order chi connectivity index (χ1) is 12.9. The number of ether oxygens (including phenoxy) is 1. The Morgan fingerprint density at radius 1 is 0.962 bits per heavy atom. The first-order valence-electron chi connectivity index (χ1n) is 9.33. The van der Waals surface area contributed by atoms with Crippen LogP contribution in [0, 0.1) is 0 Å². The number of benzene rings is 2. The second-order valence-corrected chi connectivity index (χ2v) is 7.99. The lowest BCUT2D eigenvalue weighted by molar-refractivity contribution is 0.0613. The summed E-state index contributed by atoms with van der Waals surface area (Å²) >= 11 is 1.81. The van der Waals surface area contributed by atoms with E-state index < -0.39 is 0 Å². The molecule has 1 atom stereocenters. The molecule has 1 aromatic heterocycles. The molecule has 26 heavy (non-hydrogen) atoms. The second-order valence-electron chi connectivity index (χ2n) is 6.96. The standard InChI is InChI=1S/C23H25NOS/c1-2-9-20(10-3-1)23(13-7-14-24-16-21-11-6-15-26-21)18-25-17-19-8-4-5-12-22(19)23/h1-6,8-12,15,24H,7,13-14,16-18H2. The van der Waals surface area contributed by atoms with E-state index in [2.05, 4.69) is 77.4 Å². The van der Waals surface area contributed by atoms with Gasteiger partial charge in [0.2, 0.25) is 0 Å². The van der Waals surface area contributed by atoms with Gasteiger partial charge in [-0.3, -0.25) is 0 Å². The zero-order valence-electron chi connectivity index (χ0n) is 15.0. The molecule has 0 saturated heterocycles. The van der Waals surface area contributed by atoms with Gasteiger partial charge in [-0.05, 0) is 47.5 Å². The highest BCUT2D eigenvalue weighted by Gasteiger charge is 2.38. The lowest BCUT2D eigenvalue weighted by atomic mass is 9.69. The highest BCUT2D eigenvalue weighted by atomic mass is 32.1. The molecule has 134 valence electrons. The van der Waals surface area contributed by atoms with E-state index in [1.54, 1.807) is 0 Å². The van der Waals surface area contributed by atoms with Crippen LogP contribution >= 0.6 is 11.3 Å². The zero-order valence-corrected chi connectivity index (χ0v) is 15.8. The van der Waals surface area contributed by atoms with E-state index in [4.69, 9.17) is 4.74 Å². The quantitative estimate of drug-likeness (QED) is 0.587. The van der Waals surface area contributed by atoms with Crippen LogP contribution in [0.4, 0.5) is 0 Å². The van der Waals surface area contributed by atoms with Crippen molar-refractivity contribution in [2.24, 2.45) is 0 Å². The van der Waals surface area contributed by atoms with Gasteiger partial charge in [-0.15, -0.1) is 11.3 Å². The van der Waals surface area contributed by atoms with Crippen LogP contribution in [0.3, 0.4) is 0 Å². The Hall–Kier alpha value is -1.94. The van der Waals surface area contributed by atoms with Crippen LogP contribution in [0.25, 0.3) is 0 Å². The molecule has 2 heterocycles. The van der Waals surface area contributed by atoms with Crippen molar-refractivity contribution in [1.29, 1.82) is 0 Å². The minimum atomic E-state index is -0.0410. The van der Waals surface area contributed by atoms with Gasteiger partial charge in [0.25, 0.3) is 0 Å². The van der Waals surface area contributed by atoms with Gasteiger partial charge in [-0.2, -0.15) is 0 Å². The van der Waals surface area contributed by atoms with E-state index in [1.807, 2.05) is 11.3 Å². The van der Waals surface area contributed by atoms with E-state index in [1.165, 1.54) is 21.6 Å². The van der Waals surface area contributed by atoms with Gasteiger partial charge in [0.1, 0.15) is 0 Å². The van der Waals surface area contributed by atoms with Gasteiger partial charge < -0.3 is 10.1 Å². The molecule has 0 bridgehead atoms. The molecular formula is C23H25NOS. The molecule has 1 aliphatic rings. The average molecular weight is 364 g/mol. The maximum atomic E-state index is 6.06. The molecule has 0 radical (unpaired) electrons. The van der Waals surface area contributed by atoms with Crippen molar-refractivity contribution in [2.75, 3.05) is 13.2 Å². The Morgan fingerprint density at radius 3 is 2.65 bits per heavy atom. The molecule has 3 aromatic rings. The molecular weight excluding hydrogens is 338 g/mol. The predicted molar refractivity (Wildman–Crippen MR) is 109 cm³/mol. The van der Waals surface area contributed by atoms with Gasteiger partial charge in [0.05, 0.1) is 13.2 Å². The third-order valence-electron chi connectivity index (χ3n) is 5.30. The lowest BCUT2D eigenvalue weighted by Crippen LogP contribution is -2.38. The summed E-state index contributed by atoms with van der Waals surface area (Å²) in [6.45, 7) is 3.47. The lowest BCUT2D eigenvalue weighted by Gasteiger charge is -2.40. The zero-order chi connectivity index (χ0) is 17.7. The van der Waals surface area contributed by atoms with E-state index in [0.29, 0.717) is 0 Å². The van der Waals surface area contributed by atoms with Crippen molar-refractivity contribution < 1.29 is 4.74 Å². The maximum Gasteiger partial charge on any atom is 0.0720 e. The van der Waals surface area contributed by atoms with Crippen molar-refractivity contribution in [2.45, 2.75) is 31.4 Å². The Labute approximate surface area is 159 Å². The summed E-state index contributed by atoms with van der Waals surface area (Å²) in [6.07, 6.45) is 2.21. The van der Waals surface area contributed by atoms with E-state index in [0.717, 1.165) is 39.1 Å². The fourth-order valence-corrected chi connectivity index (χ4v) is 4.69. The highest BCUT2D eigenvalue weighted by molar-refractivity contribution is 7.09. The summed E-state index contributed by atoms with van der Waals surface area (Å²) in [5.74, 6) is 0. The van der Waals surface area contributed by atoms with E-state index in [9.17, 15) is 0 Å². The normalized spacial score (nSPS) is 19.2. The number of nitrogens with one attached hydrogen (secondary N) is 1. The highest BCUT2D eigenvalue weighted by Crippen LogP contribution is 2.41. The molecule has 3 heteroatoms. The van der Waals surface area contributed by atoms with Crippen LogP contribution in [0.15, 0.2) is 72.1 Å². The molecule has 1 unspecified atom stereocenters. The number of thiophene rings is 1. The summed E-state index contributed by atoms with van der Waals surface area (Å²) in [5.41, 5.74) is 4.09. The van der Waals surface area contributed by atoms with Crippen LogP contribution in [0.5, 0.6) is 0 Å². The third kappa shape index (κ3) is 3.61. The molecule has 1 N–H and O–H groups in total. The van der Waals surface area contributed by atoms with Crippen LogP contribution in [0.2, 0.25) is 0 Å². The van der Waals surface area contributed by atoms with Crippen LogP contribution in [-0.4, -0.2) is 13.2 Å². The fraction of sp³-hybridized carbons (Fsp3) is 0.304. The molecule has 4 rings (SSSR count). The van der Waals surface area contributed by atoms with E-state index >= 15 is 0 Å². The largest absolute Gasteiger partial charge is 0.375 e. The Morgan fingerprint density at radius 2 is 1.81 bits per heavy atom. The molecule has 0 amide bonds. The van der Waals surface area contributed by atoms with Crippen molar-refractivity contribution in [3.63, 3.8) is 0 Å². The van der Waals surface area contributed by atoms with Gasteiger partial charge >= 0.3 is 0 Å². The summed E-state index contributed by atoms with van der Waals surface area (Å²) in [6, 6.07) is 24.0.